The second-order valence-corrected chi connectivity index (χ2v) is 25.3. The van der Waals surface area contributed by atoms with E-state index in [2.05, 4.69) is 141 Å². The molecule has 96 heavy (non-hydrogen) atoms. The van der Waals surface area contributed by atoms with Crippen LogP contribution in [0, 0.1) is 0 Å². The van der Waals surface area contributed by atoms with Crippen molar-refractivity contribution in [3.05, 3.63) is 134 Å². The first kappa shape index (κ1) is 86.2. The zero-order valence-corrected chi connectivity index (χ0v) is 58.0. The van der Waals surface area contributed by atoms with Crippen LogP contribution in [0.2, 0.25) is 0 Å². The van der Waals surface area contributed by atoms with Gasteiger partial charge in [-0.25, -0.2) is 0 Å². The van der Waals surface area contributed by atoms with Crippen molar-refractivity contribution < 1.29 is 89.4 Å². The Morgan fingerprint density at radius 3 is 1.17 bits per heavy atom. The van der Waals surface area contributed by atoms with Crippen molar-refractivity contribution in [3.63, 3.8) is 0 Å². The number of aliphatic hydroxyl groups is 11. The van der Waals surface area contributed by atoms with Gasteiger partial charge in [-0.3, -0.25) is 4.79 Å². The maximum absolute atomic E-state index is 13.4. The average molecular weight is 1350 g/mol. The van der Waals surface area contributed by atoms with E-state index in [-0.39, 0.29) is 18.9 Å². The molecule has 17 unspecified atom stereocenters. The summed E-state index contributed by atoms with van der Waals surface area (Å²) in [7, 11) is 0. The number of carbonyl (C=O) groups excluding carboxylic acids is 1. The van der Waals surface area contributed by atoms with Gasteiger partial charge in [0, 0.05) is 6.42 Å². The summed E-state index contributed by atoms with van der Waals surface area (Å²) in [6.45, 7) is 1.56. The fraction of sp³-hybridized carbons (Fsp3) is 0.701. The van der Waals surface area contributed by atoms with Crippen LogP contribution in [0.15, 0.2) is 134 Å². The maximum atomic E-state index is 13.4. The molecule has 3 aliphatic heterocycles. The largest absolute Gasteiger partial charge is 0.394 e. The smallest absolute Gasteiger partial charge is 0.220 e. The van der Waals surface area contributed by atoms with Crippen molar-refractivity contribution in [2.24, 2.45) is 0 Å². The van der Waals surface area contributed by atoms with Gasteiger partial charge in [-0.2, -0.15) is 0 Å². The Hall–Kier alpha value is -4.07. The highest BCUT2D eigenvalue weighted by Crippen LogP contribution is 2.33. The molecule has 0 bridgehead atoms. The number of allylic oxidation sites excluding steroid dienone is 21. The third-order valence-electron chi connectivity index (χ3n) is 17.2. The standard InChI is InChI=1S/C77H127NO18/c1-3-5-7-9-11-13-15-17-19-20-21-22-23-24-25-26-27-28-29-30-31-32-33-34-35-36-37-38-39-40-41-43-45-47-49-51-53-55-65(83)78-60(61(82)54-52-50-48-46-44-42-18-16-14-12-10-8-6-4-2)59-91-75-71(89)68(86)73(63(57-80)93-75)96-77-72(90)69(87)74(64(58-81)94-77)95-76-70(88)67(85)66(84)62(56-79)92-76/h5,7,11,13,17,19,21-22,24-25,27-28,30-31,33-34,36-37,44,46,52,54,60-64,66-77,79-82,84-90H,3-4,6,8-10,12,14-16,18,20,23,26,29,32,35,38-43,45,47-51,53,55-59H2,1-2H3,(H,78,83)/b7-5-,13-11-,19-17-,22-21-,25-24-,28-27-,31-30-,34-33-,37-36-,46-44+,54-52+. The number of ether oxygens (including phenoxy) is 6. The normalized spacial score (nSPS) is 27.9. The molecule has 3 aliphatic rings. The molecule has 0 aromatic carbocycles. The lowest BCUT2D eigenvalue weighted by atomic mass is 9.96. The quantitative estimate of drug-likeness (QED) is 0.0199. The van der Waals surface area contributed by atoms with Gasteiger partial charge in [0.05, 0.1) is 38.6 Å². The Kier molecular flexibility index (Phi) is 50.8. The molecule has 0 aromatic rings. The van der Waals surface area contributed by atoms with Crippen LogP contribution in [0.25, 0.3) is 0 Å². The molecule has 3 rings (SSSR count). The van der Waals surface area contributed by atoms with Crippen molar-refractivity contribution in [1.82, 2.24) is 5.32 Å². The third kappa shape index (κ3) is 37.4. The molecule has 3 fully saturated rings. The van der Waals surface area contributed by atoms with E-state index in [4.69, 9.17) is 28.4 Å². The first-order valence-corrected chi connectivity index (χ1v) is 36.4. The second kappa shape index (κ2) is 56.7. The van der Waals surface area contributed by atoms with Gasteiger partial charge in [-0.1, -0.05) is 237 Å². The summed E-state index contributed by atoms with van der Waals surface area (Å²) in [5.74, 6) is -0.298. The summed E-state index contributed by atoms with van der Waals surface area (Å²) in [5, 5.41) is 120. The van der Waals surface area contributed by atoms with Crippen LogP contribution >= 0.6 is 0 Å². The highest BCUT2D eigenvalue weighted by molar-refractivity contribution is 5.76. The minimum Gasteiger partial charge on any atom is -0.394 e. The summed E-state index contributed by atoms with van der Waals surface area (Å²) in [5.41, 5.74) is 0. The molecular formula is C77H127NO18. The zero-order chi connectivity index (χ0) is 69.6. The van der Waals surface area contributed by atoms with Gasteiger partial charge in [0.25, 0.3) is 0 Å². The van der Waals surface area contributed by atoms with Crippen LogP contribution in [0.1, 0.15) is 213 Å². The number of carbonyl (C=O) groups is 1. The van der Waals surface area contributed by atoms with Crippen molar-refractivity contribution >= 4 is 5.91 Å². The van der Waals surface area contributed by atoms with E-state index in [9.17, 15) is 61.0 Å². The van der Waals surface area contributed by atoms with Crippen LogP contribution in [-0.2, 0) is 33.2 Å². The minimum absolute atomic E-state index is 0.219. The molecule has 1 amide bonds. The van der Waals surface area contributed by atoms with Gasteiger partial charge in [0.1, 0.15) is 73.2 Å². The van der Waals surface area contributed by atoms with Gasteiger partial charge in [-0.15, -0.1) is 0 Å². The minimum atomic E-state index is -1.99. The fourth-order valence-corrected chi connectivity index (χ4v) is 11.3. The number of amides is 1. The molecule has 0 saturated carbocycles. The van der Waals surface area contributed by atoms with Crippen LogP contribution in [0.3, 0.4) is 0 Å². The SMILES string of the molecule is CC/C=C\C/C=C\C/C=C\C/C=C\C/C=C\C/C=C\C/C=C\C/C=C\C/C=C\CCCCCCCCCCCC(=O)NC(COC1OC(CO)C(OC2OC(CO)C(OC3OC(CO)C(O)C(O)C3O)C(O)C2O)C(O)C1O)C(O)/C=C/CC/C=C/CCCCCCCCCC. The summed E-state index contributed by atoms with van der Waals surface area (Å²) < 4.78 is 34.3. The summed E-state index contributed by atoms with van der Waals surface area (Å²) in [6, 6.07) is -1.00. The lowest BCUT2D eigenvalue weighted by Crippen LogP contribution is -2.66. The summed E-state index contributed by atoms with van der Waals surface area (Å²) in [6.07, 6.45) is 52.9. The van der Waals surface area contributed by atoms with E-state index in [1.54, 1.807) is 6.08 Å². The predicted octanol–water partition coefficient (Wildman–Crippen LogP) is 10.5. The van der Waals surface area contributed by atoms with Gasteiger partial charge in [0.15, 0.2) is 18.9 Å². The van der Waals surface area contributed by atoms with E-state index in [1.807, 2.05) is 6.08 Å². The Balaban J connectivity index is 1.36. The predicted molar refractivity (Wildman–Crippen MR) is 378 cm³/mol. The van der Waals surface area contributed by atoms with E-state index in [1.165, 1.54) is 70.6 Å². The number of hydrogen-bond acceptors (Lipinski definition) is 18. The maximum Gasteiger partial charge on any atom is 0.220 e. The van der Waals surface area contributed by atoms with Crippen molar-refractivity contribution in [2.45, 2.75) is 317 Å². The lowest BCUT2D eigenvalue weighted by Gasteiger charge is -2.48. The molecule has 0 aromatic heterocycles. The van der Waals surface area contributed by atoms with Crippen LogP contribution in [0.5, 0.6) is 0 Å². The molecule has 12 N–H and O–H groups in total. The van der Waals surface area contributed by atoms with Gasteiger partial charge >= 0.3 is 0 Å². The molecule has 19 nitrogen and oxygen atoms in total. The molecule has 0 aliphatic carbocycles. The van der Waals surface area contributed by atoms with Gasteiger partial charge < -0.3 is 89.9 Å². The van der Waals surface area contributed by atoms with E-state index < -0.39 is 124 Å². The van der Waals surface area contributed by atoms with Gasteiger partial charge in [0.2, 0.25) is 5.91 Å². The molecule has 19 heteroatoms. The number of unbranched alkanes of at least 4 members (excludes halogenated alkanes) is 18. The molecule has 0 spiro atoms. The number of nitrogens with one attached hydrogen (secondary N) is 1. The fourth-order valence-electron chi connectivity index (χ4n) is 11.3. The van der Waals surface area contributed by atoms with Crippen molar-refractivity contribution in [1.29, 1.82) is 0 Å². The third-order valence-corrected chi connectivity index (χ3v) is 17.2. The van der Waals surface area contributed by atoms with E-state index >= 15 is 0 Å². The van der Waals surface area contributed by atoms with E-state index in [0.29, 0.717) is 12.8 Å². The molecular weight excluding hydrogens is 1230 g/mol. The molecule has 3 heterocycles. The molecule has 17 atom stereocenters. The lowest BCUT2D eigenvalue weighted by molar-refractivity contribution is -0.379. The second-order valence-electron chi connectivity index (χ2n) is 25.3. The zero-order valence-electron chi connectivity index (χ0n) is 58.0. The number of aliphatic hydroxyl groups excluding tert-OH is 11. The molecule has 0 radical (unpaired) electrons. The number of hydrogen-bond donors (Lipinski definition) is 12. The Labute approximate surface area is 575 Å². The van der Waals surface area contributed by atoms with Crippen LogP contribution < -0.4 is 5.32 Å². The van der Waals surface area contributed by atoms with Gasteiger partial charge in [-0.05, 0) is 103 Å². The summed E-state index contributed by atoms with van der Waals surface area (Å²) >= 11 is 0. The Morgan fingerprint density at radius 1 is 0.385 bits per heavy atom. The van der Waals surface area contributed by atoms with Crippen LogP contribution in [-0.4, -0.2) is 193 Å². The topological polar surface area (TPSA) is 307 Å². The van der Waals surface area contributed by atoms with E-state index in [0.717, 1.165) is 109 Å². The molecule has 3 saturated heterocycles. The van der Waals surface area contributed by atoms with Crippen molar-refractivity contribution in [3.8, 4) is 0 Å². The first-order valence-electron chi connectivity index (χ1n) is 36.4. The first-order chi connectivity index (χ1) is 46.8. The average Bonchev–Trinajstić information content (AvgIpc) is 0.787. The summed E-state index contributed by atoms with van der Waals surface area (Å²) in [4.78, 5) is 13.4. The highest BCUT2D eigenvalue weighted by atomic mass is 16.8. The molecule has 548 valence electrons. The monoisotopic (exact) mass is 1350 g/mol. The Bertz CT molecular complexity index is 2260. The Morgan fingerprint density at radius 2 is 0.729 bits per heavy atom. The van der Waals surface area contributed by atoms with Crippen LogP contribution in [0.4, 0.5) is 0 Å². The number of rotatable bonds is 54. The van der Waals surface area contributed by atoms with Crippen molar-refractivity contribution in [2.75, 3.05) is 26.4 Å². The highest BCUT2D eigenvalue weighted by Gasteiger charge is 2.53.